The smallest absolute Gasteiger partial charge is 0.0900 e. The van der Waals surface area contributed by atoms with Gasteiger partial charge >= 0.3 is 0 Å². The van der Waals surface area contributed by atoms with E-state index in [0.717, 1.165) is 57.7 Å². The summed E-state index contributed by atoms with van der Waals surface area (Å²) < 4.78 is 2.32. The molecule has 0 amide bonds. The van der Waals surface area contributed by atoms with Gasteiger partial charge in [0.25, 0.3) is 0 Å². The number of anilines is 2. The molecular formula is C32H32N4. The molecule has 1 N–H and O–H groups in total. The zero-order valence-corrected chi connectivity index (χ0v) is 20.6. The van der Waals surface area contributed by atoms with Crippen LogP contribution in [0.5, 0.6) is 0 Å². The number of rotatable bonds is 4. The standard InChI is InChI=1S/C32H32N4/c1-2-6-14-25(15-7-3-1)34-29-23-32-30(22-28(29)33-24-16-8-4-9-17-24)35-27-20-12-13-21-31(27)36(32)26-18-10-5-11-19-26/h4-5,8-13,16-23,25,33H,1-3,6-7,14-15H2. The van der Waals surface area contributed by atoms with Crippen molar-refractivity contribution in [1.82, 2.24) is 9.55 Å². The van der Waals surface area contributed by atoms with Crippen molar-refractivity contribution in [3.63, 3.8) is 0 Å². The second kappa shape index (κ2) is 10.4. The van der Waals surface area contributed by atoms with Crippen LogP contribution in [0, 0.1) is 0 Å². The second-order valence-electron chi connectivity index (χ2n) is 9.75. The second-order valence-corrected chi connectivity index (χ2v) is 9.75. The van der Waals surface area contributed by atoms with Crippen LogP contribution in [0.25, 0.3) is 28.1 Å². The minimum atomic E-state index is 0.359. The summed E-state index contributed by atoms with van der Waals surface area (Å²) in [5, 5.41) is 4.66. The van der Waals surface area contributed by atoms with Crippen LogP contribution in [0.1, 0.15) is 44.9 Å². The van der Waals surface area contributed by atoms with Crippen LogP contribution in [-0.2, 0) is 0 Å². The van der Waals surface area contributed by atoms with E-state index in [0.29, 0.717) is 6.04 Å². The van der Waals surface area contributed by atoms with E-state index in [-0.39, 0.29) is 0 Å². The molecule has 0 bridgehead atoms. The van der Waals surface area contributed by atoms with Crippen LogP contribution in [0.15, 0.2) is 102 Å². The fourth-order valence-corrected chi connectivity index (χ4v) is 5.34. The van der Waals surface area contributed by atoms with Crippen molar-refractivity contribution < 1.29 is 0 Å². The molecule has 4 heteroatoms. The molecule has 6 rings (SSSR count). The number of aromatic nitrogens is 2. The van der Waals surface area contributed by atoms with E-state index in [1.165, 1.54) is 32.1 Å². The Bertz CT molecular complexity index is 1480. The molecule has 180 valence electrons. The van der Waals surface area contributed by atoms with Gasteiger partial charge in [-0.3, -0.25) is 4.99 Å². The number of fused-ring (bicyclic) bond motifs is 2. The highest BCUT2D eigenvalue weighted by Gasteiger charge is 2.17. The van der Waals surface area contributed by atoms with Gasteiger partial charge in [-0.2, -0.15) is 0 Å². The monoisotopic (exact) mass is 472 g/mol. The summed E-state index contributed by atoms with van der Waals surface area (Å²) in [6.07, 6.45) is 8.86. The van der Waals surface area contributed by atoms with Gasteiger partial charge in [0, 0.05) is 11.4 Å². The van der Waals surface area contributed by atoms with Gasteiger partial charge in [0.05, 0.1) is 39.5 Å². The fraction of sp³-hybridized carbons (Fsp3) is 0.250. The third kappa shape index (κ3) is 4.76. The van der Waals surface area contributed by atoms with Crippen molar-refractivity contribution in [3.05, 3.63) is 102 Å². The first-order chi connectivity index (χ1) is 17.8. The van der Waals surface area contributed by atoms with Crippen molar-refractivity contribution in [2.24, 2.45) is 4.99 Å². The van der Waals surface area contributed by atoms with Crippen LogP contribution >= 0.6 is 0 Å². The molecule has 0 saturated heterocycles. The summed E-state index contributed by atoms with van der Waals surface area (Å²) in [5.74, 6) is 0. The molecule has 0 spiro atoms. The van der Waals surface area contributed by atoms with Crippen molar-refractivity contribution >= 4 is 22.4 Å². The van der Waals surface area contributed by atoms with E-state index in [9.17, 15) is 0 Å². The third-order valence-corrected chi connectivity index (χ3v) is 7.16. The highest BCUT2D eigenvalue weighted by atomic mass is 15.0. The zero-order valence-electron chi connectivity index (χ0n) is 20.6. The quantitative estimate of drug-likeness (QED) is 0.270. The van der Waals surface area contributed by atoms with Gasteiger partial charge in [-0.25, -0.2) is 4.98 Å². The third-order valence-electron chi connectivity index (χ3n) is 7.16. The molecule has 3 aromatic rings. The lowest BCUT2D eigenvalue weighted by atomic mass is 9.97. The Kier molecular flexibility index (Phi) is 6.49. The molecule has 3 aliphatic rings. The SMILES string of the molecule is c1ccc(Nc2cc3nc4ccccc4n(-c4ccccc4)c-3cc2=NC2CCCCCCC2)cc1. The summed E-state index contributed by atoms with van der Waals surface area (Å²) in [5.41, 5.74) is 7.29. The number of nitrogens with one attached hydrogen (secondary N) is 1. The topological polar surface area (TPSA) is 42.2 Å². The zero-order chi connectivity index (χ0) is 24.2. The molecule has 0 radical (unpaired) electrons. The molecule has 2 aliphatic carbocycles. The van der Waals surface area contributed by atoms with Gasteiger partial charge in [0.2, 0.25) is 0 Å². The van der Waals surface area contributed by atoms with Gasteiger partial charge in [0.15, 0.2) is 0 Å². The molecule has 36 heavy (non-hydrogen) atoms. The summed E-state index contributed by atoms with van der Waals surface area (Å²) in [6.45, 7) is 0. The minimum absolute atomic E-state index is 0.359. The highest BCUT2D eigenvalue weighted by molar-refractivity contribution is 5.84. The van der Waals surface area contributed by atoms with Crippen LogP contribution in [-0.4, -0.2) is 15.6 Å². The van der Waals surface area contributed by atoms with E-state index in [1.807, 2.05) is 6.07 Å². The number of nitrogens with zero attached hydrogens (tertiary/aromatic N) is 3. The molecule has 0 aromatic heterocycles. The first-order valence-electron chi connectivity index (χ1n) is 13.2. The predicted molar refractivity (Wildman–Crippen MR) is 149 cm³/mol. The van der Waals surface area contributed by atoms with Gasteiger partial charge in [-0.05, 0) is 61.4 Å². The Labute approximate surface area is 212 Å². The van der Waals surface area contributed by atoms with Crippen molar-refractivity contribution in [3.8, 4) is 17.1 Å². The Hall–Kier alpha value is -3.92. The lowest BCUT2D eigenvalue weighted by Crippen LogP contribution is -2.19. The summed E-state index contributed by atoms with van der Waals surface area (Å²) in [7, 11) is 0. The van der Waals surface area contributed by atoms with Crippen LogP contribution in [0.3, 0.4) is 0 Å². The average Bonchev–Trinajstić information content (AvgIpc) is 2.90. The normalized spacial score (nSPS) is 15.6. The number of hydrogen-bond donors (Lipinski definition) is 1. The van der Waals surface area contributed by atoms with Crippen LogP contribution in [0.2, 0.25) is 0 Å². The summed E-state index contributed by atoms with van der Waals surface area (Å²) in [6, 6.07) is 34.1. The van der Waals surface area contributed by atoms with E-state index < -0.39 is 0 Å². The van der Waals surface area contributed by atoms with Crippen LogP contribution < -0.4 is 10.7 Å². The van der Waals surface area contributed by atoms with E-state index in [4.69, 9.17) is 9.98 Å². The molecule has 1 saturated carbocycles. The minimum Gasteiger partial charge on any atom is -0.354 e. The Morgan fingerprint density at radius 1 is 0.722 bits per heavy atom. The molecule has 1 fully saturated rings. The van der Waals surface area contributed by atoms with Crippen molar-refractivity contribution in [2.45, 2.75) is 51.0 Å². The van der Waals surface area contributed by atoms with E-state index in [2.05, 4.69) is 101 Å². The molecule has 0 atom stereocenters. The van der Waals surface area contributed by atoms with Gasteiger partial charge in [-0.1, -0.05) is 80.6 Å². The summed E-state index contributed by atoms with van der Waals surface area (Å²) >= 11 is 0. The Balaban J connectivity index is 1.59. The predicted octanol–water partition coefficient (Wildman–Crippen LogP) is 7.89. The molecule has 1 heterocycles. The van der Waals surface area contributed by atoms with Crippen molar-refractivity contribution in [2.75, 3.05) is 5.32 Å². The largest absolute Gasteiger partial charge is 0.354 e. The average molecular weight is 473 g/mol. The van der Waals surface area contributed by atoms with E-state index in [1.54, 1.807) is 0 Å². The fourth-order valence-electron chi connectivity index (χ4n) is 5.34. The Morgan fingerprint density at radius 3 is 2.17 bits per heavy atom. The lowest BCUT2D eigenvalue weighted by molar-refractivity contribution is 0.450. The molecule has 0 unspecified atom stereocenters. The maximum absolute atomic E-state index is 5.38. The number of benzene rings is 4. The number of hydrogen-bond acceptors (Lipinski definition) is 3. The highest BCUT2D eigenvalue weighted by Crippen LogP contribution is 2.30. The maximum atomic E-state index is 5.38. The molecule has 3 aromatic carbocycles. The molecule has 1 aliphatic heterocycles. The first kappa shape index (κ1) is 22.5. The van der Waals surface area contributed by atoms with Crippen LogP contribution in [0.4, 0.5) is 11.4 Å². The summed E-state index contributed by atoms with van der Waals surface area (Å²) in [4.78, 5) is 10.5. The maximum Gasteiger partial charge on any atom is 0.0900 e. The van der Waals surface area contributed by atoms with E-state index >= 15 is 0 Å². The van der Waals surface area contributed by atoms with Crippen molar-refractivity contribution in [1.29, 1.82) is 0 Å². The van der Waals surface area contributed by atoms with Gasteiger partial charge in [-0.15, -0.1) is 0 Å². The number of para-hydroxylation sites is 4. The van der Waals surface area contributed by atoms with Gasteiger partial charge in [0.1, 0.15) is 0 Å². The first-order valence-corrected chi connectivity index (χ1v) is 13.2. The molecular weight excluding hydrogens is 440 g/mol. The lowest BCUT2D eigenvalue weighted by Gasteiger charge is -2.21. The molecule has 4 nitrogen and oxygen atoms in total. The Morgan fingerprint density at radius 2 is 1.39 bits per heavy atom. The van der Waals surface area contributed by atoms with Gasteiger partial charge < -0.3 is 9.88 Å².